The molecule has 0 saturated heterocycles. The van der Waals surface area contributed by atoms with Crippen molar-refractivity contribution in [2.45, 2.75) is 6.92 Å². The van der Waals surface area contributed by atoms with E-state index in [1.807, 2.05) is 36.4 Å². The van der Waals surface area contributed by atoms with E-state index in [4.69, 9.17) is 9.84 Å². The number of esters is 1. The van der Waals surface area contributed by atoms with Gasteiger partial charge in [0.25, 0.3) is 5.91 Å². The Morgan fingerprint density at radius 1 is 0.853 bits per heavy atom. The summed E-state index contributed by atoms with van der Waals surface area (Å²) in [5.41, 5.74) is 1.73. The fourth-order valence-electron chi connectivity index (χ4n) is 2.99. The molecule has 34 heavy (non-hydrogen) atoms. The summed E-state index contributed by atoms with van der Waals surface area (Å²) in [4.78, 5) is 49.5. The monoisotopic (exact) mass is 458 g/mol. The lowest BCUT2D eigenvalue weighted by atomic mass is 10.2. The van der Waals surface area contributed by atoms with Crippen LogP contribution in [0, 0.1) is 0 Å². The van der Waals surface area contributed by atoms with Crippen LogP contribution in [0.4, 0.5) is 17.1 Å². The number of benzene rings is 3. The van der Waals surface area contributed by atoms with Crippen molar-refractivity contribution in [3.05, 3.63) is 102 Å². The molecule has 0 atom stereocenters. The van der Waals surface area contributed by atoms with Crippen LogP contribution in [-0.4, -0.2) is 35.5 Å². The van der Waals surface area contributed by atoms with E-state index in [0.717, 1.165) is 6.08 Å². The van der Waals surface area contributed by atoms with Crippen LogP contribution < -0.4 is 10.2 Å². The number of hydrogen-bond donors (Lipinski definition) is 2. The summed E-state index contributed by atoms with van der Waals surface area (Å²) in [6, 6.07) is 23.9. The second-order valence-electron chi connectivity index (χ2n) is 7.18. The lowest BCUT2D eigenvalue weighted by Gasteiger charge is -2.22. The maximum Gasteiger partial charge on any atom is 0.338 e. The number of carbonyl (C=O) groups excluding carboxylic acids is 3. The normalized spacial score (nSPS) is 10.8. The lowest BCUT2D eigenvalue weighted by Crippen LogP contribution is -2.30. The molecule has 0 heterocycles. The van der Waals surface area contributed by atoms with Crippen molar-refractivity contribution < 1.29 is 29.0 Å². The van der Waals surface area contributed by atoms with Gasteiger partial charge in [0.2, 0.25) is 5.91 Å². The van der Waals surface area contributed by atoms with Gasteiger partial charge in [0, 0.05) is 28.7 Å². The third-order valence-corrected chi connectivity index (χ3v) is 4.68. The number of carboxylic acids is 1. The van der Waals surface area contributed by atoms with E-state index in [1.165, 1.54) is 36.1 Å². The molecular formula is C26H22N2O6. The Morgan fingerprint density at radius 2 is 1.38 bits per heavy atom. The molecule has 8 heteroatoms. The first-order valence-electron chi connectivity index (χ1n) is 10.3. The third kappa shape index (κ3) is 6.39. The Bertz CT molecular complexity index is 1170. The first-order valence-corrected chi connectivity index (χ1v) is 10.3. The van der Waals surface area contributed by atoms with Gasteiger partial charge in [-0.2, -0.15) is 0 Å². The molecule has 8 nitrogen and oxygen atoms in total. The van der Waals surface area contributed by atoms with Gasteiger partial charge in [0.05, 0.1) is 5.56 Å². The molecule has 2 N–H and O–H groups in total. The zero-order valence-electron chi connectivity index (χ0n) is 18.3. The first kappa shape index (κ1) is 23.9. The van der Waals surface area contributed by atoms with Gasteiger partial charge in [0.1, 0.15) is 0 Å². The topological polar surface area (TPSA) is 113 Å². The van der Waals surface area contributed by atoms with E-state index in [1.54, 1.807) is 24.3 Å². The minimum atomic E-state index is -1.19. The van der Waals surface area contributed by atoms with Gasteiger partial charge >= 0.3 is 11.9 Å². The minimum absolute atomic E-state index is 0.109. The predicted octanol–water partition coefficient (Wildman–Crippen LogP) is 4.18. The SMILES string of the molecule is C/C(=C\C(=O)Nc1ccc(C(=O)OCC(=O)N(c2ccccc2)c2ccccc2)cc1)C(=O)O. The van der Waals surface area contributed by atoms with E-state index >= 15 is 0 Å². The number of hydrogen-bond acceptors (Lipinski definition) is 5. The van der Waals surface area contributed by atoms with Gasteiger partial charge in [-0.25, -0.2) is 9.59 Å². The molecule has 0 radical (unpaired) electrons. The Morgan fingerprint density at radius 3 is 1.88 bits per heavy atom. The summed E-state index contributed by atoms with van der Waals surface area (Å²) in [6.45, 7) is 0.833. The Hall–Kier alpha value is -4.72. The third-order valence-electron chi connectivity index (χ3n) is 4.68. The molecule has 0 unspecified atom stereocenters. The average molecular weight is 458 g/mol. The van der Waals surface area contributed by atoms with Crippen LogP contribution in [0.2, 0.25) is 0 Å². The number of nitrogens with one attached hydrogen (secondary N) is 1. The number of carbonyl (C=O) groups is 4. The van der Waals surface area contributed by atoms with Gasteiger partial charge in [-0.05, 0) is 55.5 Å². The fourth-order valence-corrected chi connectivity index (χ4v) is 2.99. The molecule has 0 aliphatic rings. The number of ether oxygens (including phenoxy) is 1. The number of carboxylic acid groups (broad SMARTS) is 1. The summed E-state index contributed by atoms with van der Waals surface area (Å²) >= 11 is 0. The van der Waals surface area contributed by atoms with Gasteiger partial charge in [0.15, 0.2) is 6.61 Å². The molecular weight excluding hydrogens is 436 g/mol. The summed E-state index contributed by atoms with van der Waals surface area (Å²) in [6.07, 6.45) is 0.960. The van der Waals surface area contributed by atoms with Gasteiger partial charge in [-0.3, -0.25) is 14.5 Å². The zero-order chi connectivity index (χ0) is 24.5. The van der Waals surface area contributed by atoms with Crippen LogP contribution in [0.25, 0.3) is 0 Å². The second-order valence-corrected chi connectivity index (χ2v) is 7.18. The minimum Gasteiger partial charge on any atom is -0.478 e. The molecule has 3 aromatic carbocycles. The number of para-hydroxylation sites is 2. The highest BCUT2D eigenvalue weighted by atomic mass is 16.5. The predicted molar refractivity (Wildman–Crippen MR) is 127 cm³/mol. The van der Waals surface area contributed by atoms with Crippen LogP contribution in [0.5, 0.6) is 0 Å². The summed E-state index contributed by atoms with van der Waals surface area (Å²) in [7, 11) is 0. The second kappa shape index (κ2) is 11.2. The van der Waals surface area contributed by atoms with E-state index in [2.05, 4.69) is 5.32 Å². The van der Waals surface area contributed by atoms with Crippen molar-refractivity contribution in [1.29, 1.82) is 0 Å². The fraction of sp³-hybridized carbons (Fsp3) is 0.0769. The van der Waals surface area contributed by atoms with Crippen molar-refractivity contribution >= 4 is 40.8 Å². The van der Waals surface area contributed by atoms with Gasteiger partial charge in [-0.15, -0.1) is 0 Å². The average Bonchev–Trinajstić information content (AvgIpc) is 2.84. The summed E-state index contributed by atoms with van der Waals surface area (Å²) in [5.74, 6) is -2.92. The molecule has 0 saturated carbocycles. The van der Waals surface area contributed by atoms with Crippen molar-refractivity contribution in [2.75, 3.05) is 16.8 Å². The zero-order valence-corrected chi connectivity index (χ0v) is 18.3. The molecule has 0 aliphatic carbocycles. The smallest absolute Gasteiger partial charge is 0.338 e. The largest absolute Gasteiger partial charge is 0.478 e. The van der Waals surface area contributed by atoms with Crippen LogP contribution in [-0.2, 0) is 19.1 Å². The maximum absolute atomic E-state index is 12.9. The number of rotatable bonds is 8. The van der Waals surface area contributed by atoms with Crippen molar-refractivity contribution in [1.82, 2.24) is 0 Å². The molecule has 0 fully saturated rings. The van der Waals surface area contributed by atoms with E-state index < -0.39 is 30.4 Å². The Balaban J connectivity index is 1.64. The molecule has 0 aromatic heterocycles. The van der Waals surface area contributed by atoms with Crippen LogP contribution in [0.1, 0.15) is 17.3 Å². The highest BCUT2D eigenvalue weighted by molar-refractivity contribution is 6.05. The van der Waals surface area contributed by atoms with E-state index in [-0.39, 0.29) is 11.1 Å². The number of amides is 2. The molecule has 172 valence electrons. The summed E-state index contributed by atoms with van der Waals surface area (Å²) < 4.78 is 5.22. The molecule has 2 amide bonds. The molecule has 0 bridgehead atoms. The maximum atomic E-state index is 12.9. The first-order chi connectivity index (χ1) is 16.3. The highest BCUT2D eigenvalue weighted by Crippen LogP contribution is 2.25. The molecule has 3 rings (SSSR count). The molecule has 0 aliphatic heterocycles. The van der Waals surface area contributed by atoms with Crippen molar-refractivity contribution in [2.24, 2.45) is 0 Å². The van der Waals surface area contributed by atoms with Gasteiger partial charge in [-0.1, -0.05) is 36.4 Å². The lowest BCUT2D eigenvalue weighted by molar-refractivity contribution is -0.132. The van der Waals surface area contributed by atoms with Crippen LogP contribution in [0.3, 0.4) is 0 Å². The highest BCUT2D eigenvalue weighted by Gasteiger charge is 2.20. The van der Waals surface area contributed by atoms with Crippen LogP contribution >= 0.6 is 0 Å². The standard InChI is InChI=1S/C26H22N2O6/c1-18(25(31)32)16-23(29)27-20-14-12-19(13-15-20)26(33)34-17-24(30)28(21-8-4-2-5-9-21)22-10-6-3-7-11-22/h2-16H,17H2,1H3,(H,27,29)(H,31,32)/b18-16+. The molecule has 3 aromatic rings. The Kier molecular flexibility index (Phi) is 7.91. The van der Waals surface area contributed by atoms with E-state index in [9.17, 15) is 19.2 Å². The van der Waals surface area contributed by atoms with E-state index in [0.29, 0.717) is 17.1 Å². The Labute approximate surface area is 196 Å². The quantitative estimate of drug-likeness (QED) is 0.387. The van der Waals surface area contributed by atoms with Crippen LogP contribution in [0.15, 0.2) is 96.6 Å². The number of anilines is 3. The number of nitrogens with zero attached hydrogens (tertiary/aromatic N) is 1. The van der Waals surface area contributed by atoms with Crippen molar-refractivity contribution in [3.63, 3.8) is 0 Å². The van der Waals surface area contributed by atoms with Crippen molar-refractivity contribution in [3.8, 4) is 0 Å². The summed E-state index contributed by atoms with van der Waals surface area (Å²) in [5, 5.41) is 11.3. The number of aliphatic carboxylic acids is 1. The molecule has 0 spiro atoms. The van der Waals surface area contributed by atoms with Gasteiger partial charge < -0.3 is 15.2 Å².